The first-order chi connectivity index (χ1) is 15.9. The van der Waals surface area contributed by atoms with Crippen LogP contribution in [0.4, 0.5) is 0 Å². The van der Waals surface area contributed by atoms with Crippen LogP contribution in [0.1, 0.15) is 38.5 Å². The van der Waals surface area contributed by atoms with Crippen molar-refractivity contribution in [1.82, 2.24) is 9.55 Å². The molecule has 0 unspecified atom stereocenters. The zero-order valence-electron chi connectivity index (χ0n) is 18.6. The maximum absolute atomic E-state index is 5.22. The smallest absolute Gasteiger partial charge is 0.141 e. The van der Waals surface area contributed by atoms with E-state index >= 15 is 0 Å². The fourth-order valence-electron chi connectivity index (χ4n) is 4.24. The van der Waals surface area contributed by atoms with Gasteiger partial charge < -0.3 is 4.57 Å². The molecule has 4 aromatic rings. The minimum absolute atomic E-state index is 0.979. The Hall–Kier alpha value is -2.65. The Balaban J connectivity index is 1.72. The Morgan fingerprint density at radius 2 is 1.06 bits per heavy atom. The van der Waals surface area contributed by atoms with Gasteiger partial charge >= 0.3 is 0 Å². The average molecular weight is 487 g/mol. The lowest BCUT2D eigenvalue weighted by atomic mass is 10.0. The molecule has 0 saturated heterocycles. The van der Waals surface area contributed by atoms with Crippen molar-refractivity contribution >= 4 is 15.9 Å². The Morgan fingerprint density at radius 1 is 0.562 bits per heavy atom. The highest BCUT2D eigenvalue weighted by atomic mass is 79.9. The Labute approximate surface area is 200 Å². The van der Waals surface area contributed by atoms with Crippen molar-refractivity contribution < 1.29 is 0 Å². The summed E-state index contributed by atoms with van der Waals surface area (Å²) in [6, 6.07) is 31.9. The number of alkyl halides is 1. The van der Waals surface area contributed by atoms with Gasteiger partial charge in [-0.15, -0.1) is 0 Å². The standard InChI is InChI=1S/C29H31BrN2/c30-22-14-3-1-2-4-15-23-32-28(25-18-10-6-11-19-25)27(24-16-8-5-9-17-24)31-29(32)26-20-12-7-13-21-26/h5-13,16-21H,1-4,14-15,22-23H2. The highest BCUT2D eigenvalue weighted by molar-refractivity contribution is 9.09. The first-order valence-electron chi connectivity index (χ1n) is 11.7. The zero-order valence-corrected chi connectivity index (χ0v) is 20.2. The number of imidazole rings is 1. The van der Waals surface area contributed by atoms with E-state index in [0.29, 0.717) is 0 Å². The minimum Gasteiger partial charge on any atom is -0.323 e. The van der Waals surface area contributed by atoms with Gasteiger partial charge in [-0.2, -0.15) is 0 Å². The molecule has 0 fully saturated rings. The monoisotopic (exact) mass is 486 g/mol. The summed E-state index contributed by atoms with van der Waals surface area (Å²) in [5.74, 6) is 1.06. The van der Waals surface area contributed by atoms with Crippen LogP contribution in [-0.4, -0.2) is 14.9 Å². The normalized spacial score (nSPS) is 11.0. The van der Waals surface area contributed by atoms with Gasteiger partial charge in [-0.25, -0.2) is 4.98 Å². The number of benzene rings is 3. The van der Waals surface area contributed by atoms with E-state index in [2.05, 4.69) is 111 Å². The number of halogens is 1. The molecule has 32 heavy (non-hydrogen) atoms. The summed E-state index contributed by atoms with van der Waals surface area (Å²) < 4.78 is 2.45. The van der Waals surface area contributed by atoms with Crippen molar-refractivity contribution in [3.8, 4) is 33.9 Å². The lowest BCUT2D eigenvalue weighted by Crippen LogP contribution is -2.03. The summed E-state index contributed by atoms with van der Waals surface area (Å²) in [6.07, 6.45) is 7.63. The number of unbranched alkanes of at least 4 members (excludes halogenated alkanes) is 5. The molecular weight excluding hydrogens is 456 g/mol. The number of hydrogen-bond acceptors (Lipinski definition) is 1. The van der Waals surface area contributed by atoms with Crippen molar-refractivity contribution in [1.29, 1.82) is 0 Å². The second-order valence-corrected chi connectivity index (χ2v) is 8.99. The molecule has 0 atom stereocenters. The second kappa shape index (κ2) is 11.8. The van der Waals surface area contributed by atoms with E-state index in [-0.39, 0.29) is 0 Å². The van der Waals surface area contributed by atoms with Crippen LogP contribution in [0, 0.1) is 0 Å². The average Bonchev–Trinajstić information content (AvgIpc) is 3.24. The van der Waals surface area contributed by atoms with E-state index < -0.39 is 0 Å². The second-order valence-electron chi connectivity index (χ2n) is 8.19. The lowest BCUT2D eigenvalue weighted by Gasteiger charge is -2.13. The van der Waals surface area contributed by atoms with Crippen LogP contribution in [0.5, 0.6) is 0 Å². The van der Waals surface area contributed by atoms with Gasteiger partial charge in [0, 0.05) is 28.6 Å². The third-order valence-electron chi connectivity index (χ3n) is 5.86. The Bertz CT molecular complexity index is 1070. The molecule has 0 bridgehead atoms. The molecule has 0 aliphatic carbocycles. The van der Waals surface area contributed by atoms with Crippen LogP contribution < -0.4 is 0 Å². The minimum atomic E-state index is 0.979. The maximum Gasteiger partial charge on any atom is 0.141 e. The van der Waals surface area contributed by atoms with Crippen LogP contribution in [0.2, 0.25) is 0 Å². The topological polar surface area (TPSA) is 17.8 Å². The van der Waals surface area contributed by atoms with E-state index in [0.717, 1.165) is 29.0 Å². The van der Waals surface area contributed by atoms with Gasteiger partial charge in [0.1, 0.15) is 5.82 Å². The van der Waals surface area contributed by atoms with Crippen LogP contribution in [0.15, 0.2) is 91.0 Å². The number of rotatable bonds is 11. The van der Waals surface area contributed by atoms with E-state index in [1.54, 1.807) is 0 Å². The third-order valence-corrected chi connectivity index (χ3v) is 6.42. The van der Waals surface area contributed by atoms with E-state index in [1.165, 1.54) is 55.3 Å². The molecule has 0 N–H and O–H groups in total. The first kappa shape index (κ1) is 22.5. The highest BCUT2D eigenvalue weighted by Crippen LogP contribution is 2.36. The number of hydrogen-bond donors (Lipinski definition) is 0. The summed E-state index contributed by atoms with van der Waals surface area (Å²) in [6.45, 7) is 0.979. The molecule has 1 heterocycles. The predicted molar refractivity (Wildman–Crippen MR) is 140 cm³/mol. The predicted octanol–water partition coefficient (Wildman–Crippen LogP) is 8.62. The fraction of sp³-hybridized carbons (Fsp3) is 0.276. The molecule has 0 amide bonds. The van der Waals surface area contributed by atoms with Gasteiger partial charge in [0.2, 0.25) is 0 Å². The lowest BCUT2D eigenvalue weighted by molar-refractivity contribution is 0.563. The van der Waals surface area contributed by atoms with Crippen LogP contribution in [0.3, 0.4) is 0 Å². The van der Waals surface area contributed by atoms with Crippen molar-refractivity contribution in [2.45, 2.75) is 45.1 Å². The van der Waals surface area contributed by atoms with Gasteiger partial charge in [0.05, 0.1) is 11.4 Å². The fourth-order valence-corrected chi connectivity index (χ4v) is 4.63. The van der Waals surface area contributed by atoms with Crippen LogP contribution >= 0.6 is 15.9 Å². The van der Waals surface area contributed by atoms with E-state index in [4.69, 9.17) is 4.98 Å². The molecule has 0 saturated carbocycles. The van der Waals surface area contributed by atoms with E-state index in [9.17, 15) is 0 Å². The van der Waals surface area contributed by atoms with Gasteiger partial charge in [-0.1, -0.05) is 133 Å². The van der Waals surface area contributed by atoms with Gasteiger partial charge in [-0.05, 0) is 12.8 Å². The molecule has 1 aromatic heterocycles. The molecule has 0 aliphatic heterocycles. The highest BCUT2D eigenvalue weighted by Gasteiger charge is 2.20. The Kier molecular flexibility index (Phi) is 8.33. The quantitative estimate of drug-likeness (QED) is 0.153. The van der Waals surface area contributed by atoms with Crippen LogP contribution in [0.25, 0.3) is 33.9 Å². The largest absolute Gasteiger partial charge is 0.323 e. The van der Waals surface area contributed by atoms with Gasteiger partial charge in [-0.3, -0.25) is 0 Å². The van der Waals surface area contributed by atoms with E-state index in [1.807, 2.05) is 0 Å². The summed E-state index contributed by atoms with van der Waals surface area (Å²) in [7, 11) is 0. The molecule has 0 aliphatic rings. The third kappa shape index (κ3) is 5.58. The molecule has 3 aromatic carbocycles. The van der Waals surface area contributed by atoms with Crippen molar-refractivity contribution in [3.05, 3.63) is 91.0 Å². The summed E-state index contributed by atoms with van der Waals surface area (Å²) in [4.78, 5) is 5.22. The van der Waals surface area contributed by atoms with Crippen molar-refractivity contribution in [3.63, 3.8) is 0 Å². The maximum atomic E-state index is 5.22. The SMILES string of the molecule is BrCCCCCCCCn1c(-c2ccccc2)nc(-c2ccccc2)c1-c1ccccc1. The van der Waals surface area contributed by atoms with Crippen LogP contribution in [-0.2, 0) is 6.54 Å². The molecule has 0 radical (unpaired) electrons. The summed E-state index contributed by atoms with van der Waals surface area (Å²) in [5.41, 5.74) is 5.84. The molecule has 164 valence electrons. The first-order valence-corrected chi connectivity index (χ1v) is 12.8. The van der Waals surface area contributed by atoms with Crippen molar-refractivity contribution in [2.75, 3.05) is 5.33 Å². The van der Waals surface area contributed by atoms with Gasteiger partial charge in [0.15, 0.2) is 0 Å². The van der Waals surface area contributed by atoms with Gasteiger partial charge in [0.25, 0.3) is 0 Å². The number of aromatic nitrogens is 2. The molecule has 0 spiro atoms. The molecule has 3 heteroatoms. The summed E-state index contributed by atoms with van der Waals surface area (Å²) >= 11 is 3.53. The molecule has 4 rings (SSSR count). The summed E-state index contributed by atoms with van der Waals surface area (Å²) in [5, 5.41) is 1.12. The van der Waals surface area contributed by atoms with Crippen molar-refractivity contribution in [2.24, 2.45) is 0 Å². The Morgan fingerprint density at radius 3 is 1.66 bits per heavy atom. The molecule has 2 nitrogen and oxygen atoms in total. The zero-order chi connectivity index (χ0) is 22.0. The number of nitrogens with zero attached hydrogens (tertiary/aromatic N) is 2. The molecular formula is C29H31BrN2.